The number of carbonyl (C=O) groups is 2. The zero-order valence-electron chi connectivity index (χ0n) is 12.9. The molecule has 0 spiro atoms. The SMILES string of the molecule is CCCCC(C)OC(=O)CC(N)CC(=O)c1ccccc1. The zero-order valence-corrected chi connectivity index (χ0v) is 12.9. The van der Waals surface area contributed by atoms with E-state index in [9.17, 15) is 9.59 Å². The van der Waals surface area contributed by atoms with Gasteiger partial charge in [0.25, 0.3) is 0 Å². The lowest BCUT2D eigenvalue weighted by Gasteiger charge is -2.15. The Bertz CT molecular complexity index is 445. The first-order chi connectivity index (χ1) is 10.0. The van der Waals surface area contributed by atoms with Gasteiger partial charge in [-0.05, 0) is 13.3 Å². The molecule has 1 aromatic rings. The third-order valence-corrected chi connectivity index (χ3v) is 3.27. The van der Waals surface area contributed by atoms with Gasteiger partial charge in [0.1, 0.15) is 0 Å². The van der Waals surface area contributed by atoms with Crippen LogP contribution in [0, 0.1) is 0 Å². The largest absolute Gasteiger partial charge is 0.463 e. The van der Waals surface area contributed by atoms with E-state index in [1.165, 1.54) is 0 Å². The summed E-state index contributed by atoms with van der Waals surface area (Å²) in [5.41, 5.74) is 6.49. The Kier molecular flexibility index (Phi) is 7.69. The van der Waals surface area contributed by atoms with E-state index in [0.29, 0.717) is 5.56 Å². The van der Waals surface area contributed by atoms with Crippen molar-refractivity contribution < 1.29 is 14.3 Å². The highest BCUT2D eigenvalue weighted by Crippen LogP contribution is 2.09. The molecule has 0 radical (unpaired) electrons. The van der Waals surface area contributed by atoms with E-state index in [1.54, 1.807) is 12.1 Å². The monoisotopic (exact) mass is 291 g/mol. The predicted molar refractivity (Wildman–Crippen MR) is 83.1 cm³/mol. The third-order valence-electron chi connectivity index (χ3n) is 3.27. The van der Waals surface area contributed by atoms with E-state index in [1.807, 2.05) is 25.1 Å². The molecule has 116 valence electrons. The van der Waals surface area contributed by atoms with E-state index < -0.39 is 6.04 Å². The van der Waals surface area contributed by atoms with Crippen molar-refractivity contribution in [3.63, 3.8) is 0 Å². The summed E-state index contributed by atoms with van der Waals surface area (Å²) in [6.07, 6.45) is 3.12. The third kappa shape index (κ3) is 7.04. The van der Waals surface area contributed by atoms with Gasteiger partial charge in [0, 0.05) is 18.0 Å². The van der Waals surface area contributed by atoms with E-state index in [2.05, 4.69) is 6.92 Å². The first kappa shape index (κ1) is 17.4. The number of ether oxygens (including phenoxy) is 1. The van der Waals surface area contributed by atoms with Crippen LogP contribution in [0.15, 0.2) is 30.3 Å². The molecule has 2 unspecified atom stereocenters. The van der Waals surface area contributed by atoms with Crippen molar-refractivity contribution in [1.82, 2.24) is 0 Å². The molecule has 21 heavy (non-hydrogen) atoms. The molecule has 4 heteroatoms. The molecule has 0 amide bonds. The number of esters is 1. The number of carbonyl (C=O) groups excluding carboxylic acids is 2. The van der Waals surface area contributed by atoms with E-state index in [0.717, 1.165) is 19.3 Å². The Labute approximate surface area is 126 Å². The average Bonchev–Trinajstić information content (AvgIpc) is 2.45. The zero-order chi connectivity index (χ0) is 15.7. The van der Waals surface area contributed by atoms with Crippen LogP contribution in [0.5, 0.6) is 0 Å². The van der Waals surface area contributed by atoms with Crippen molar-refractivity contribution in [2.24, 2.45) is 5.73 Å². The quantitative estimate of drug-likeness (QED) is 0.560. The van der Waals surface area contributed by atoms with Gasteiger partial charge in [0.2, 0.25) is 0 Å². The number of unbranched alkanes of at least 4 members (excludes halogenated alkanes) is 1. The second-order valence-electron chi connectivity index (χ2n) is 5.40. The van der Waals surface area contributed by atoms with Crippen molar-refractivity contribution in [2.75, 3.05) is 0 Å². The molecule has 0 aromatic heterocycles. The molecule has 0 fully saturated rings. The molecule has 0 saturated carbocycles. The second kappa shape index (κ2) is 9.29. The fourth-order valence-electron chi connectivity index (χ4n) is 2.09. The van der Waals surface area contributed by atoms with Gasteiger partial charge in [-0.15, -0.1) is 0 Å². The van der Waals surface area contributed by atoms with Crippen LogP contribution in [0.4, 0.5) is 0 Å². The minimum absolute atomic E-state index is 0.0464. The summed E-state index contributed by atoms with van der Waals surface area (Å²) < 4.78 is 5.28. The lowest BCUT2D eigenvalue weighted by Crippen LogP contribution is -2.29. The molecule has 2 atom stereocenters. The number of hydrogen-bond donors (Lipinski definition) is 1. The van der Waals surface area contributed by atoms with Crippen molar-refractivity contribution in [1.29, 1.82) is 0 Å². The minimum atomic E-state index is -0.497. The van der Waals surface area contributed by atoms with Gasteiger partial charge in [-0.3, -0.25) is 9.59 Å². The van der Waals surface area contributed by atoms with Gasteiger partial charge in [0.05, 0.1) is 12.5 Å². The highest BCUT2D eigenvalue weighted by Gasteiger charge is 2.17. The molecule has 1 rings (SSSR count). The maximum absolute atomic E-state index is 12.0. The standard InChI is InChI=1S/C17H25NO3/c1-3-4-8-13(2)21-17(20)12-15(18)11-16(19)14-9-6-5-7-10-14/h5-7,9-10,13,15H,3-4,8,11-12,18H2,1-2H3. The fourth-order valence-corrected chi connectivity index (χ4v) is 2.09. The molecule has 0 bridgehead atoms. The minimum Gasteiger partial charge on any atom is -0.463 e. The van der Waals surface area contributed by atoms with Gasteiger partial charge in [-0.2, -0.15) is 0 Å². The summed E-state index contributed by atoms with van der Waals surface area (Å²) in [5.74, 6) is -0.373. The molecule has 0 aliphatic heterocycles. The van der Waals surface area contributed by atoms with Crippen LogP contribution in [0.25, 0.3) is 0 Å². The van der Waals surface area contributed by atoms with Crippen molar-refractivity contribution >= 4 is 11.8 Å². The maximum atomic E-state index is 12.0. The number of hydrogen-bond acceptors (Lipinski definition) is 4. The lowest BCUT2D eigenvalue weighted by molar-refractivity contribution is -0.148. The molecule has 0 aliphatic rings. The molecular weight excluding hydrogens is 266 g/mol. The summed E-state index contributed by atoms with van der Waals surface area (Å²) >= 11 is 0. The van der Waals surface area contributed by atoms with E-state index in [-0.39, 0.29) is 30.7 Å². The second-order valence-corrected chi connectivity index (χ2v) is 5.40. The molecule has 1 aromatic carbocycles. The average molecular weight is 291 g/mol. The van der Waals surface area contributed by atoms with Gasteiger partial charge in [0.15, 0.2) is 5.78 Å². The normalized spacial score (nSPS) is 13.5. The van der Waals surface area contributed by atoms with Crippen LogP contribution in [-0.4, -0.2) is 23.9 Å². The molecule has 0 saturated heterocycles. The van der Waals surface area contributed by atoms with Gasteiger partial charge < -0.3 is 10.5 Å². The van der Waals surface area contributed by atoms with Gasteiger partial charge in [-0.25, -0.2) is 0 Å². The van der Waals surface area contributed by atoms with Crippen LogP contribution >= 0.6 is 0 Å². The van der Waals surface area contributed by atoms with Gasteiger partial charge in [-0.1, -0.05) is 50.1 Å². The van der Waals surface area contributed by atoms with E-state index in [4.69, 9.17) is 10.5 Å². The number of Topliss-reactive ketones (excluding diaryl/α,β-unsaturated/α-hetero) is 1. The summed E-state index contributed by atoms with van der Waals surface area (Å²) in [6.45, 7) is 3.98. The topological polar surface area (TPSA) is 69.4 Å². The Morgan fingerprint density at radius 3 is 2.48 bits per heavy atom. The number of benzene rings is 1. The first-order valence-electron chi connectivity index (χ1n) is 7.56. The smallest absolute Gasteiger partial charge is 0.307 e. The van der Waals surface area contributed by atoms with Crippen LogP contribution in [0.3, 0.4) is 0 Å². The molecule has 2 N–H and O–H groups in total. The van der Waals surface area contributed by atoms with Crippen LogP contribution < -0.4 is 5.73 Å². The van der Waals surface area contributed by atoms with Crippen LogP contribution in [-0.2, 0) is 9.53 Å². The van der Waals surface area contributed by atoms with Crippen molar-refractivity contribution in [3.8, 4) is 0 Å². The number of rotatable bonds is 9. The first-order valence-corrected chi connectivity index (χ1v) is 7.56. The molecule has 0 heterocycles. The summed E-state index contributed by atoms with van der Waals surface area (Å²) in [4.78, 5) is 23.7. The summed E-state index contributed by atoms with van der Waals surface area (Å²) in [7, 11) is 0. The van der Waals surface area contributed by atoms with Gasteiger partial charge >= 0.3 is 5.97 Å². The summed E-state index contributed by atoms with van der Waals surface area (Å²) in [6, 6.07) is 8.47. The lowest BCUT2D eigenvalue weighted by atomic mass is 10.0. The highest BCUT2D eigenvalue weighted by atomic mass is 16.5. The molecule has 4 nitrogen and oxygen atoms in total. The Hall–Kier alpha value is -1.68. The Morgan fingerprint density at radius 2 is 1.86 bits per heavy atom. The Morgan fingerprint density at radius 1 is 1.19 bits per heavy atom. The summed E-state index contributed by atoms with van der Waals surface area (Å²) in [5, 5.41) is 0. The van der Waals surface area contributed by atoms with Crippen molar-refractivity contribution in [3.05, 3.63) is 35.9 Å². The Balaban J connectivity index is 2.34. The van der Waals surface area contributed by atoms with Crippen molar-refractivity contribution in [2.45, 2.75) is 58.1 Å². The molecule has 0 aliphatic carbocycles. The van der Waals surface area contributed by atoms with E-state index >= 15 is 0 Å². The predicted octanol–water partition coefficient (Wildman–Crippen LogP) is 3.10. The van der Waals surface area contributed by atoms with Crippen LogP contribution in [0.2, 0.25) is 0 Å². The fraction of sp³-hybridized carbons (Fsp3) is 0.529. The molecular formula is C17H25NO3. The van der Waals surface area contributed by atoms with Crippen LogP contribution in [0.1, 0.15) is 56.3 Å². The number of ketones is 1. The maximum Gasteiger partial charge on any atom is 0.307 e. The number of nitrogens with two attached hydrogens (primary N) is 1. The highest BCUT2D eigenvalue weighted by molar-refractivity contribution is 5.96.